The van der Waals surface area contributed by atoms with E-state index >= 15 is 0 Å². The van der Waals surface area contributed by atoms with Crippen molar-refractivity contribution in [3.05, 3.63) is 29.7 Å². The lowest BCUT2D eigenvalue weighted by atomic mass is 10.1. The molecule has 19 heavy (non-hydrogen) atoms. The second-order valence-corrected chi connectivity index (χ2v) is 5.04. The molecule has 2 aromatic rings. The molecule has 3 rings (SSSR count). The van der Waals surface area contributed by atoms with E-state index in [1.54, 1.807) is 16.8 Å². The van der Waals surface area contributed by atoms with Crippen LogP contribution in [0.4, 0.5) is 0 Å². The van der Waals surface area contributed by atoms with Crippen LogP contribution < -0.4 is 0 Å². The molecule has 1 fully saturated rings. The molecular weight excluding hydrogens is 240 g/mol. The highest BCUT2D eigenvalue weighted by atomic mass is 16.1. The number of aromatic nitrogens is 3. The molecule has 0 spiro atoms. The summed E-state index contributed by atoms with van der Waals surface area (Å²) in [4.78, 5) is 17.8. The van der Waals surface area contributed by atoms with Crippen LogP contribution in [0, 0.1) is 0 Å². The number of likely N-dealkylation sites (tertiary alicyclic amines) is 1. The molecule has 0 radical (unpaired) electrons. The first-order valence-electron chi connectivity index (χ1n) is 6.84. The van der Waals surface area contributed by atoms with Gasteiger partial charge in [-0.2, -0.15) is 5.10 Å². The van der Waals surface area contributed by atoms with Crippen molar-refractivity contribution in [1.82, 2.24) is 19.5 Å². The molecule has 0 aliphatic carbocycles. The van der Waals surface area contributed by atoms with Crippen LogP contribution >= 0.6 is 0 Å². The SMILES string of the molecule is CCN1CCCC1Cc1nc2ccc(C=O)cn2n1. The van der Waals surface area contributed by atoms with Gasteiger partial charge in [-0.1, -0.05) is 6.92 Å². The molecule has 3 heterocycles. The van der Waals surface area contributed by atoms with Crippen molar-refractivity contribution in [3.63, 3.8) is 0 Å². The van der Waals surface area contributed by atoms with E-state index in [2.05, 4.69) is 21.9 Å². The molecule has 0 amide bonds. The van der Waals surface area contributed by atoms with Crippen molar-refractivity contribution in [2.75, 3.05) is 13.1 Å². The maximum absolute atomic E-state index is 10.7. The van der Waals surface area contributed by atoms with E-state index in [1.165, 1.54) is 19.4 Å². The largest absolute Gasteiger partial charge is 0.300 e. The van der Waals surface area contributed by atoms with E-state index in [-0.39, 0.29) is 0 Å². The lowest BCUT2D eigenvalue weighted by Gasteiger charge is -2.21. The molecule has 0 saturated carbocycles. The van der Waals surface area contributed by atoms with E-state index in [0.717, 1.165) is 30.7 Å². The first kappa shape index (κ1) is 12.3. The van der Waals surface area contributed by atoms with Crippen molar-refractivity contribution in [3.8, 4) is 0 Å². The van der Waals surface area contributed by atoms with Crippen LogP contribution in [0.3, 0.4) is 0 Å². The van der Waals surface area contributed by atoms with Gasteiger partial charge in [0.25, 0.3) is 0 Å². The molecular formula is C14H18N4O. The summed E-state index contributed by atoms with van der Waals surface area (Å²) in [6.07, 6.45) is 5.94. The van der Waals surface area contributed by atoms with Gasteiger partial charge in [-0.25, -0.2) is 9.50 Å². The van der Waals surface area contributed by atoms with Crippen molar-refractivity contribution in [2.45, 2.75) is 32.2 Å². The molecule has 0 bridgehead atoms. The topological polar surface area (TPSA) is 50.5 Å². The summed E-state index contributed by atoms with van der Waals surface area (Å²) in [5.74, 6) is 0.869. The van der Waals surface area contributed by atoms with Crippen LogP contribution in [0.5, 0.6) is 0 Å². The van der Waals surface area contributed by atoms with Crippen LogP contribution in [-0.4, -0.2) is 44.9 Å². The third-order valence-electron chi connectivity index (χ3n) is 3.86. The highest BCUT2D eigenvalue weighted by molar-refractivity contribution is 5.74. The fourth-order valence-corrected chi connectivity index (χ4v) is 2.85. The number of nitrogens with zero attached hydrogens (tertiary/aromatic N) is 4. The first-order valence-corrected chi connectivity index (χ1v) is 6.84. The van der Waals surface area contributed by atoms with Gasteiger partial charge in [-0.05, 0) is 38.1 Å². The summed E-state index contributed by atoms with van der Waals surface area (Å²) in [6, 6.07) is 4.18. The van der Waals surface area contributed by atoms with Gasteiger partial charge in [0.05, 0.1) is 0 Å². The Bertz CT molecular complexity index is 592. The average Bonchev–Trinajstić information content (AvgIpc) is 3.03. The highest BCUT2D eigenvalue weighted by Gasteiger charge is 2.24. The first-order chi connectivity index (χ1) is 9.30. The van der Waals surface area contributed by atoms with Gasteiger partial charge in [0, 0.05) is 24.2 Å². The van der Waals surface area contributed by atoms with Crippen molar-refractivity contribution < 1.29 is 4.79 Å². The second-order valence-electron chi connectivity index (χ2n) is 5.04. The second kappa shape index (κ2) is 5.09. The molecule has 0 aromatic carbocycles. The number of carbonyl (C=O) groups is 1. The van der Waals surface area contributed by atoms with Gasteiger partial charge in [0.15, 0.2) is 17.8 Å². The number of fused-ring (bicyclic) bond motifs is 1. The summed E-state index contributed by atoms with van der Waals surface area (Å²) >= 11 is 0. The van der Waals surface area contributed by atoms with Gasteiger partial charge in [0.1, 0.15) is 0 Å². The minimum atomic E-state index is 0.563. The van der Waals surface area contributed by atoms with Gasteiger partial charge in [-0.3, -0.25) is 4.79 Å². The predicted octanol–water partition coefficient (Wildman–Crippen LogP) is 1.57. The van der Waals surface area contributed by atoms with Crippen LogP contribution in [0.2, 0.25) is 0 Å². The molecule has 1 unspecified atom stereocenters. The number of carbonyl (C=O) groups excluding carboxylic acids is 1. The van der Waals surface area contributed by atoms with Crippen LogP contribution in [-0.2, 0) is 6.42 Å². The van der Waals surface area contributed by atoms with Gasteiger partial charge >= 0.3 is 0 Å². The monoisotopic (exact) mass is 258 g/mol. The van der Waals surface area contributed by atoms with Crippen LogP contribution in [0.25, 0.3) is 5.65 Å². The third-order valence-corrected chi connectivity index (χ3v) is 3.86. The molecule has 1 atom stereocenters. The number of pyridine rings is 1. The summed E-state index contributed by atoms with van der Waals surface area (Å²) in [6.45, 7) is 4.48. The predicted molar refractivity (Wildman–Crippen MR) is 72.3 cm³/mol. The third kappa shape index (κ3) is 2.38. The summed E-state index contributed by atoms with van der Waals surface area (Å²) in [5, 5.41) is 4.47. The zero-order valence-electron chi connectivity index (χ0n) is 11.1. The van der Waals surface area contributed by atoms with Crippen LogP contribution in [0.15, 0.2) is 18.3 Å². The molecule has 0 N–H and O–H groups in total. The standard InChI is InChI=1S/C14H18N4O/c1-2-17-7-3-4-12(17)8-13-15-14-6-5-11(10-19)9-18(14)16-13/h5-6,9-10,12H,2-4,7-8H2,1H3. The zero-order chi connectivity index (χ0) is 13.2. The molecule has 5 nitrogen and oxygen atoms in total. The van der Waals surface area contributed by atoms with Crippen molar-refractivity contribution in [2.24, 2.45) is 0 Å². The quantitative estimate of drug-likeness (QED) is 0.781. The van der Waals surface area contributed by atoms with E-state index in [9.17, 15) is 4.79 Å². The van der Waals surface area contributed by atoms with Crippen molar-refractivity contribution in [1.29, 1.82) is 0 Å². The molecule has 1 aliphatic rings. The smallest absolute Gasteiger partial charge is 0.155 e. The Morgan fingerprint density at radius 3 is 3.16 bits per heavy atom. The van der Waals surface area contributed by atoms with E-state index in [4.69, 9.17) is 0 Å². The van der Waals surface area contributed by atoms with E-state index in [1.807, 2.05) is 6.07 Å². The van der Waals surface area contributed by atoms with E-state index in [0.29, 0.717) is 11.6 Å². The van der Waals surface area contributed by atoms with Crippen molar-refractivity contribution >= 4 is 11.9 Å². The Morgan fingerprint density at radius 1 is 1.47 bits per heavy atom. The fourth-order valence-electron chi connectivity index (χ4n) is 2.85. The van der Waals surface area contributed by atoms with Gasteiger partial charge < -0.3 is 4.90 Å². The molecule has 2 aromatic heterocycles. The zero-order valence-corrected chi connectivity index (χ0v) is 11.1. The molecule has 1 aliphatic heterocycles. The Labute approximate surface area is 112 Å². The fraction of sp³-hybridized carbons (Fsp3) is 0.500. The Kier molecular flexibility index (Phi) is 3.29. The van der Waals surface area contributed by atoms with Crippen LogP contribution in [0.1, 0.15) is 35.9 Å². The van der Waals surface area contributed by atoms with Gasteiger partial charge in [-0.15, -0.1) is 0 Å². The Morgan fingerprint density at radius 2 is 2.37 bits per heavy atom. The maximum atomic E-state index is 10.7. The number of aldehydes is 1. The summed E-state index contributed by atoms with van der Waals surface area (Å²) < 4.78 is 1.70. The number of hydrogen-bond acceptors (Lipinski definition) is 4. The molecule has 5 heteroatoms. The number of hydrogen-bond donors (Lipinski definition) is 0. The summed E-state index contributed by atoms with van der Waals surface area (Å²) in [5.41, 5.74) is 1.43. The maximum Gasteiger partial charge on any atom is 0.155 e. The van der Waals surface area contributed by atoms with E-state index < -0.39 is 0 Å². The molecule has 1 saturated heterocycles. The molecule has 100 valence electrons. The highest BCUT2D eigenvalue weighted by Crippen LogP contribution is 2.19. The average molecular weight is 258 g/mol. The number of likely N-dealkylation sites (N-methyl/N-ethyl adjacent to an activating group) is 1. The minimum absolute atomic E-state index is 0.563. The van der Waals surface area contributed by atoms with Gasteiger partial charge in [0.2, 0.25) is 0 Å². The number of rotatable bonds is 4. The summed E-state index contributed by atoms with van der Waals surface area (Å²) in [7, 11) is 0. The Balaban J connectivity index is 1.83. The minimum Gasteiger partial charge on any atom is -0.300 e. The lowest BCUT2D eigenvalue weighted by molar-refractivity contribution is 0.112. The normalized spacial score (nSPS) is 20.2. The lowest BCUT2D eigenvalue weighted by Crippen LogP contribution is -2.31. The Hall–Kier alpha value is -1.75.